The third-order valence-electron chi connectivity index (χ3n) is 1.17. The van der Waals surface area contributed by atoms with Crippen molar-refractivity contribution in [1.29, 1.82) is 0 Å². The molecule has 9 heavy (non-hydrogen) atoms. The van der Waals surface area contributed by atoms with Crippen LogP contribution < -0.4 is 5.14 Å². The molecule has 2 unspecified atom stereocenters. The normalized spacial score (nSPS) is 19.1. The van der Waals surface area contributed by atoms with Gasteiger partial charge in [-0.15, -0.1) is 0 Å². The van der Waals surface area contributed by atoms with Crippen LogP contribution in [0.5, 0.6) is 0 Å². The van der Waals surface area contributed by atoms with Gasteiger partial charge in [0.25, 0.3) is 0 Å². The van der Waals surface area contributed by atoms with E-state index in [9.17, 15) is 12.8 Å². The van der Waals surface area contributed by atoms with E-state index in [0.29, 0.717) is 0 Å². The van der Waals surface area contributed by atoms with Crippen LogP contribution in [-0.4, -0.2) is 19.8 Å². The minimum Gasteiger partial charge on any atom is -0.246 e. The van der Waals surface area contributed by atoms with E-state index in [2.05, 4.69) is 5.14 Å². The van der Waals surface area contributed by atoms with Crippen LogP contribution in [0.2, 0.25) is 0 Å². The van der Waals surface area contributed by atoms with Gasteiger partial charge in [0, 0.05) is 0 Å². The van der Waals surface area contributed by atoms with Crippen LogP contribution in [0.3, 0.4) is 0 Å². The molecule has 2 N–H and O–H groups in total. The van der Waals surface area contributed by atoms with Crippen LogP contribution in [0.1, 0.15) is 13.8 Å². The highest BCUT2D eigenvalue weighted by molar-refractivity contribution is 7.89. The zero-order valence-corrected chi connectivity index (χ0v) is 6.15. The molecule has 0 radical (unpaired) electrons. The molecule has 0 saturated carbocycles. The Morgan fingerprint density at radius 1 is 1.44 bits per heavy atom. The molecule has 0 saturated heterocycles. The van der Waals surface area contributed by atoms with Crippen molar-refractivity contribution in [1.82, 2.24) is 0 Å². The molecular weight excluding hydrogens is 145 g/mol. The molecule has 0 aromatic carbocycles. The van der Waals surface area contributed by atoms with E-state index >= 15 is 0 Å². The third-order valence-corrected chi connectivity index (χ3v) is 2.58. The lowest BCUT2D eigenvalue weighted by Gasteiger charge is -2.08. The number of hydrogen-bond acceptors (Lipinski definition) is 2. The molecule has 0 aliphatic heterocycles. The van der Waals surface area contributed by atoms with Gasteiger partial charge in [0.2, 0.25) is 10.0 Å². The van der Waals surface area contributed by atoms with E-state index in [-0.39, 0.29) is 0 Å². The van der Waals surface area contributed by atoms with Gasteiger partial charge in [-0.1, -0.05) is 0 Å². The molecule has 0 bridgehead atoms. The largest absolute Gasteiger partial charge is 0.246 e. The number of sulfonamides is 1. The fraction of sp³-hybridized carbons (Fsp3) is 1.00. The average molecular weight is 155 g/mol. The second-order valence-corrected chi connectivity index (χ2v) is 3.89. The van der Waals surface area contributed by atoms with Gasteiger partial charge in [-0.3, -0.25) is 0 Å². The maximum atomic E-state index is 12.1. The summed E-state index contributed by atoms with van der Waals surface area (Å²) in [7, 11) is -3.68. The Morgan fingerprint density at radius 3 is 1.78 bits per heavy atom. The highest BCUT2D eigenvalue weighted by Gasteiger charge is 2.21. The van der Waals surface area contributed by atoms with E-state index in [1.165, 1.54) is 6.92 Å². The summed E-state index contributed by atoms with van der Waals surface area (Å²) in [5.74, 6) is 0. The van der Waals surface area contributed by atoms with Gasteiger partial charge in [-0.05, 0) is 13.8 Å². The van der Waals surface area contributed by atoms with E-state index in [0.717, 1.165) is 6.92 Å². The zero-order valence-electron chi connectivity index (χ0n) is 5.33. The second kappa shape index (κ2) is 2.62. The predicted octanol–water partition coefficient (Wildman–Crippen LogP) is 0.0214. The van der Waals surface area contributed by atoms with E-state index < -0.39 is 21.4 Å². The summed E-state index contributed by atoms with van der Waals surface area (Å²) in [6.07, 6.45) is -1.40. The van der Waals surface area contributed by atoms with Gasteiger partial charge in [0.15, 0.2) is 0 Å². The maximum Gasteiger partial charge on any atom is 0.214 e. The first-order valence-electron chi connectivity index (χ1n) is 2.51. The molecule has 5 heteroatoms. The van der Waals surface area contributed by atoms with Crippen molar-refractivity contribution in [2.75, 3.05) is 0 Å². The van der Waals surface area contributed by atoms with Gasteiger partial charge < -0.3 is 0 Å². The van der Waals surface area contributed by atoms with Gasteiger partial charge in [-0.2, -0.15) is 0 Å². The molecule has 3 nitrogen and oxygen atoms in total. The minimum atomic E-state index is -3.68. The Kier molecular flexibility index (Phi) is 2.57. The summed E-state index contributed by atoms with van der Waals surface area (Å²) in [6, 6.07) is 0. The Balaban J connectivity index is 4.24. The van der Waals surface area contributed by atoms with Crippen LogP contribution in [0, 0.1) is 0 Å². The molecule has 2 atom stereocenters. The van der Waals surface area contributed by atoms with Crippen LogP contribution in [-0.2, 0) is 10.0 Å². The zero-order chi connectivity index (χ0) is 7.65. The topological polar surface area (TPSA) is 60.2 Å². The molecule has 0 rings (SSSR count). The van der Waals surface area contributed by atoms with Crippen LogP contribution in [0.4, 0.5) is 4.39 Å². The number of halogens is 1. The summed E-state index contributed by atoms with van der Waals surface area (Å²) in [5, 5.41) is 3.51. The summed E-state index contributed by atoms with van der Waals surface area (Å²) >= 11 is 0. The Morgan fingerprint density at radius 2 is 1.78 bits per heavy atom. The third kappa shape index (κ3) is 2.76. The van der Waals surface area contributed by atoms with Crippen molar-refractivity contribution >= 4 is 10.0 Å². The van der Waals surface area contributed by atoms with Crippen LogP contribution in [0.25, 0.3) is 0 Å². The summed E-state index contributed by atoms with van der Waals surface area (Å²) in [5.41, 5.74) is 0. The molecule has 0 aromatic rings. The van der Waals surface area contributed by atoms with E-state index in [4.69, 9.17) is 0 Å². The smallest absolute Gasteiger partial charge is 0.214 e. The summed E-state index contributed by atoms with van der Waals surface area (Å²) < 4.78 is 32.8. The van der Waals surface area contributed by atoms with Gasteiger partial charge in [0.1, 0.15) is 11.4 Å². The first-order chi connectivity index (χ1) is 3.85. The predicted molar refractivity (Wildman–Crippen MR) is 33.1 cm³/mol. The number of rotatable bonds is 2. The Hall–Kier alpha value is -0.160. The summed E-state index contributed by atoms with van der Waals surface area (Å²) in [4.78, 5) is 0. The molecule has 56 valence electrons. The van der Waals surface area contributed by atoms with Crippen molar-refractivity contribution < 1.29 is 12.8 Å². The maximum absolute atomic E-state index is 12.1. The van der Waals surface area contributed by atoms with Crippen LogP contribution in [0.15, 0.2) is 0 Å². The van der Waals surface area contributed by atoms with E-state index in [1.807, 2.05) is 0 Å². The monoisotopic (exact) mass is 155 g/mol. The molecule has 0 fully saturated rings. The Labute approximate surface area is 54.1 Å². The quantitative estimate of drug-likeness (QED) is 0.611. The fourth-order valence-electron chi connectivity index (χ4n) is 0.261. The number of nitrogens with two attached hydrogens (primary N) is 1. The molecule has 0 heterocycles. The molecular formula is C4H10FNO2S. The number of hydrogen-bond donors (Lipinski definition) is 1. The molecule has 0 aliphatic rings. The summed E-state index contributed by atoms with van der Waals surface area (Å²) in [6.45, 7) is 2.40. The first-order valence-corrected chi connectivity index (χ1v) is 4.12. The highest BCUT2D eigenvalue weighted by Crippen LogP contribution is 2.03. The first kappa shape index (κ1) is 8.84. The Bertz CT molecular complexity index is 175. The van der Waals surface area contributed by atoms with Crippen molar-refractivity contribution in [2.24, 2.45) is 5.14 Å². The molecule has 0 aromatic heterocycles. The molecule has 0 amide bonds. The SMILES string of the molecule is CC(F)C(C)S(N)(=O)=O. The molecule has 0 spiro atoms. The standard InChI is InChI=1S/C4H10FNO2S/c1-3(5)4(2)9(6,7)8/h3-4H,1-2H3,(H2,6,7,8). The van der Waals surface area contributed by atoms with Gasteiger partial charge in [0.05, 0.1) is 0 Å². The van der Waals surface area contributed by atoms with Crippen molar-refractivity contribution in [3.8, 4) is 0 Å². The van der Waals surface area contributed by atoms with Gasteiger partial charge >= 0.3 is 0 Å². The number of primary sulfonamides is 1. The minimum absolute atomic E-state index is 1.10. The lowest BCUT2D eigenvalue weighted by Crippen LogP contribution is -2.32. The van der Waals surface area contributed by atoms with Gasteiger partial charge in [-0.25, -0.2) is 17.9 Å². The van der Waals surface area contributed by atoms with Crippen LogP contribution >= 0.6 is 0 Å². The van der Waals surface area contributed by atoms with E-state index in [1.54, 1.807) is 0 Å². The average Bonchev–Trinajstić information content (AvgIpc) is 1.62. The lowest BCUT2D eigenvalue weighted by molar-refractivity contribution is 0.351. The highest BCUT2D eigenvalue weighted by atomic mass is 32.2. The number of alkyl halides is 1. The lowest BCUT2D eigenvalue weighted by atomic mass is 10.3. The van der Waals surface area contributed by atoms with Crippen molar-refractivity contribution in [2.45, 2.75) is 25.3 Å². The fourth-order valence-corrected chi connectivity index (χ4v) is 0.784. The molecule has 0 aliphatic carbocycles. The second-order valence-electron chi connectivity index (χ2n) is 1.97. The van der Waals surface area contributed by atoms with Crippen molar-refractivity contribution in [3.05, 3.63) is 0 Å². The van der Waals surface area contributed by atoms with Crippen molar-refractivity contribution in [3.63, 3.8) is 0 Å².